The van der Waals surface area contributed by atoms with E-state index < -0.39 is 0 Å². The van der Waals surface area contributed by atoms with E-state index in [1.165, 1.54) is 19.4 Å². The van der Waals surface area contributed by atoms with Crippen LogP contribution in [0.3, 0.4) is 0 Å². The third kappa shape index (κ3) is 1.38. The van der Waals surface area contributed by atoms with Gasteiger partial charge in [0.2, 0.25) is 0 Å². The summed E-state index contributed by atoms with van der Waals surface area (Å²) in [7, 11) is 2.70. The fraction of sp³-hybridized carbons (Fsp3) is 1.00. The lowest BCUT2D eigenvalue weighted by Crippen LogP contribution is -2.10. The predicted molar refractivity (Wildman–Crippen MR) is 38.4 cm³/mol. The molecule has 1 aliphatic rings. The molecule has 2 atom stereocenters. The number of hydrogen-bond donors (Lipinski definition) is 0. The summed E-state index contributed by atoms with van der Waals surface area (Å²) in [5, 5.41) is 0. The van der Waals surface area contributed by atoms with Crippen LogP contribution in [0.4, 0.5) is 0 Å². The minimum atomic E-state index is 0.623. The highest BCUT2D eigenvalue weighted by Gasteiger charge is 2.16. The molecule has 1 nitrogen and oxygen atoms in total. The largest absolute Gasteiger partial charge is 0.275 e. The lowest BCUT2D eigenvalue weighted by atomic mass is 10.4. The predicted octanol–water partition coefficient (Wildman–Crippen LogP) is 1.59. The molecule has 1 fully saturated rings. The van der Waals surface area contributed by atoms with Gasteiger partial charge in [-0.05, 0) is 12.8 Å². The molecule has 0 saturated carbocycles. The number of alkyl halides is 1. The quantitative estimate of drug-likeness (QED) is 0.312. The molecule has 3 heteroatoms. The summed E-state index contributed by atoms with van der Waals surface area (Å²) < 4.78 is 2.24. The second-order valence-electron chi connectivity index (χ2n) is 1.81. The van der Waals surface area contributed by atoms with Gasteiger partial charge in [-0.3, -0.25) is 4.67 Å². The molecule has 2 unspecified atom stereocenters. The number of halogens is 1. The molecule has 0 bridgehead atoms. The van der Waals surface area contributed by atoms with Crippen LogP contribution in [-0.2, 0) is 0 Å². The highest BCUT2D eigenvalue weighted by Crippen LogP contribution is 2.24. The molecule has 0 spiro atoms. The molecular formula is C4H9BrNP. The molecule has 1 aliphatic heterocycles. The molecule has 0 aliphatic carbocycles. The summed E-state index contributed by atoms with van der Waals surface area (Å²) in [5.41, 5.74) is 0. The average Bonchev–Trinajstić information content (AvgIpc) is 1.91. The van der Waals surface area contributed by atoms with Crippen LogP contribution >= 0.6 is 25.3 Å². The second kappa shape index (κ2) is 2.43. The normalized spacial score (nSPS) is 34.3. The summed E-state index contributed by atoms with van der Waals surface area (Å²) in [6, 6.07) is 0. The molecule has 0 aromatic heterocycles. The first kappa shape index (κ1) is 6.00. The number of rotatable bonds is 0. The SMILES string of the molecule is PN1CCCC1Br. The van der Waals surface area contributed by atoms with Crippen molar-refractivity contribution in [3.05, 3.63) is 0 Å². The number of nitrogens with zero attached hydrogens (tertiary/aromatic N) is 1. The van der Waals surface area contributed by atoms with Gasteiger partial charge in [0, 0.05) is 6.54 Å². The monoisotopic (exact) mass is 181 g/mol. The van der Waals surface area contributed by atoms with Crippen molar-refractivity contribution in [3.8, 4) is 0 Å². The summed E-state index contributed by atoms with van der Waals surface area (Å²) in [6.07, 6.45) is 2.63. The molecule has 7 heavy (non-hydrogen) atoms. The van der Waals surface area contributed by atoms with Crippen molar-refractivity contribution in [2.45, 2.75) is 17.8 Å². The minimum Gasteiger partial charge on any atom is -0.275 e. The van der Waals surface area contributed by atoms with Gasteiger partial charge in [0.15, 0.2) is 0 Å². The summed E-state index contributed by atoms with van der Waals surface area (Å²) in [6.45, 7) is 1.22. The molecular weight excluding hydrogens is 173 g/mol. The maximum Gasteiger partial charge on any atom is 0.0685 e. The first-order valence-electron chi connectivity index (χ1n) is 2.46. The molecule has 0 amide bonds. The van der Waals surface area contributed by atoms with Gasteiger partial charge in [-0.25, -0.2) is 0 Å². The zero-order valence-corrected chi connectivity index (χ0v) is 6.84. The summed E-state index contributed by atoms with van der Waals surface area (Å²) in [4.78, 5) is 0.623. The fourth-order valence-electron chi connectivity index (χ4n) is 0.748. The van der Waals surface area contributed by atoms with Gasteiger partial charge in [0.05, 0.1) is 4.95 Å². The first-order chi connectivity index (χ1) is 3.30. The Kier molecular flexibility index (Phi) is 2.08. The standard InChI is InChI=1S/C4H9BrNP/c5-4-2-1-3-6(4)7/h4H,1-3,7H2. The third-order valence-electron chi connectivity index (χ3n) is 1.22. The first-order valence-corrected chi connectivity index (χ1v) is 3.89. The summed E-state index contributed by atoms with van der Waals surface area (Å²) in [5.74, 6) is 0. The zero-order valence-electron chi connectivity index (χ0n) is 4.10. The lowest BCUT2D eigenvalue weighted by molar-refractivity contribution is 0.559. The maximum absolute atomic E-state index is 3.51. The van der Waals surface area contributed by atoms with Crippen LogP contribution in [-0.4, -0.2) is 16.2 Å². The third-order valence-corrected chi connectivity index (χ3v) is 3.26. The van der Waals surface area contributed by atoms with Crippen LogP contribution in [0.1, 0.15) is 12.8 Å². The van der Waals surface area contributed by atoms with Gasteiger partial charge >= 0.3 is 0 Å². The van der Waals surface area contributed by atoms with Crippen LogP contribution in [0.5, 0.6) is 0 Å². The van der Waals surface area contributed by atoms with E-state index in [9.17, 15) is 0 Å². The van der Waals surface area contributed by atoms with Gasteiger partial charge in [-0.15, -0.1) is 0 Å². The highest BCUT2D eigenvalue weighted by molar-refractivity contribution is 9.09. The van der Waals surface area contributed by atoms with Crippen molar-refractivity contribution in [2.24, 2.45) is 0 Å². The minimum absolute atomic E-state index is 0.623. The Bertz CT molecular complexity index is 60.7. The Morgan fingerprint density at radius 3 is 2.57 bits per heavy atom. The van der Waals surface area contributed by atoms with Crippen molar-refractivity contribution in [3.63, 3.8) is 0 Å². The van der Waals surface area contributed by atoms with Gasteiger partial charge in [-0.1, -0.05) is 25.3 Å². The lowest BCUT2D eigenvalue weighted by Gasteiger charge is -2.09. The van der Waals surface area contributed by atoms with Gasteiger partial charge in [0.1, 0.15) is 0 Å². The van der Waals surface area contributed by atoms with Crippen LogP contribution in [0.15, 0.2) is 0 Å². The van der Waals surface area contributed by atoms with E-state index >= 15 is 0 Å². The van der Waals surface area contributed by atoms with Crippen molar-refractivity contribution in [1.29, 1.82) is 0 Å². The van der Waals surface area contributed by atoms with Crippen molar-refractivity contribution in [2.75, 3.05) is 6.54 Å². The van der Waals surface area contributed by atoms with E-state index in [4.69, 9.17) is 0 Å². The van der Waals surface area contributed by atoms with Crippen LogP contribution in [0.2, 0.25) is 0 Å². The Balaban J connectivity index is 2.33. The second-order valence-corrected chi connectivity index (χ2v) is 3.53. The molecule has 0 aromatic rings. The molecule has 0 aromatic carbocycles. The van der Waals surface area contributed by atoms with Gasteiger partial charge in [-0.2, -0.15) is 0 Å². The maximum atomic E-state index is 3.51. The van der Waals surface area contributed by atoms with Crippen molar-refractivity contribution >= 4 is 25.3 Å². The Morgan fingerprint density at radius 2 is 2.43 bits per heavy atom. The molecule has 1 saturated heterocycles. The fourth-order valence-corrected chi connectivity index (χ4v) is 1.61. The van der Waals surface area contributed by atoms with E-state index in [2.05, 4.69) is 30.0 Å². The van der Waals surface area contributed by atoms with Crippen LogP contribution < -0.4 is 0 Å². The zero-order chi connectivity index (χ0) is 5.28. The van der Waals surface area contributed by atoms with E-state index in [1.807, 2.05) is 0 Å². The average molecular weight is 182 g/mol. The van der Waals surface area contributed by atoms with Crippen molar-refractivity contribution < 1.29 is 0 Å². The smallest absolute Gasteiger partial charge is 0.0685 e. The van der Waals surface area contributed by atoms with Crippen LogP contribution in [0, 0.1) is 0 Å². The van der Waals surface area contributed by atoms with E-state index in [0.29, 0.717) is 4.95 Å². The van der Waals surface area contributed by atoms with E-state index in [0.717, 1.165) is 0 Å². The van der Waals surface area contributed by atoms with Gasteiger partial charge < -0.3 is 0 Å². The molecule has 0 N–H and O–H groups in total. The molecule has 1 heterocycles. The molecule has 0 radical (unpaired) electrons. The van der Waals surface area contributed by atoms with Gasteiger partial charge in [0.25, 0.3) is 0 Å². The van der Waals surface area contributed by atoms with Crippen LogP contribution in [0.25, 0.3) is 0 Å². The Labute approximate surface area is 54.8 Å². The molecule has 42 valence electrons. The summed E-state index contributed by atoms with van der Waals surface area (Å²) >= 11 is 3.51. The van der Waals surface area contributed by atoms with E-state index in [-0.39, 0.29) is 0 Å². The number of hydrogen-bond acceptors (Lipinski definition) is 1. The Morgan fingerprint density at radius 1 is 1.71 bits per heavy atom. The highest BCUT2D eigenvalue weighted by atomic mass is 79.9. The Hall–Kier alpha value is 0.870. The van der Waals surface area contributed by atoms with E-state index in [1.54, 1.807) is 0 Å². The topological polar surface area (TPSA) is 3.24 Å². The molecule has 1 rings (SSSR count). The van der Waals surface area contributed by atoms with Crippen molar-refractivity contribution in [1.82, 2.24) is 4.67 Å².